The van der Waals surface area contributed by atoms with E-state index in [2.05, 4.69) is 10.6 Å². The molecular weight excluding hydrogens is 211 g/mol. The average molecular weight is 224 g/mol. The van der Waals surface area contributed by atoms with Gasteiger partial charge >= 0.3 is 5.97 Å². The van der Waals surface area contributed by atoms with E-state index in [-0.39, 0.29) is 12.2 Å². The Morgan fingerprint density at radius 3 is 2.94 bits per heavy atom. The van der Waals surface area contributed by atoms with Gasteiger partial charge in [0, 0.05) is 13.2 Å². The van der Waals surface area contributed by atoms with Crippen LogP contribution in [0, 0.1) is 5.82 Å². The number of hydrogen-bond acceptors (Lipinski definition) is 3. The molecule has 0 aromatic heterocycles. The summed E-state index contributed by atoms with van der Waals surface area (Å²) in [5.74, 6) is -1.25. The van der Waals surface area contributed by atoms with Gasteiger partial charge in [0.1, 0.15) is 5.82 Å². The molecule has 0 aliphatic carbocycles. The predicted molar refractivity (Wildman–Crippen MR) is 56.3 cm³/mol. The summed E-state index contributed by atoms with van der Waals surface area (Å²) in [6.45, 7) is 1.02. The van der Waals surface area contributed by atoms with Gasteiger partial charge in [-0.25, -0.2) is 4.39 Å². The van der Waals surface area contributed by atoms with Gasteiger partial charge in [0.2, 0.25) is 0 Å². The van der Waals surface area contributed by atoms with Crippen LogP contribution < -0.4 is 10.6 Å². The molecule has 1 aliphatic rings. The van der Waals surface area contributed by atoms with Gasteiger partial charge < -0.3 is 10.4 Å². The summed E-state index contributed by atoms with van der Waals surface area (Å²) in [4.78, 5) is 10.9. The topological polar surface area (TPSA) is 61.4 Å². The number of nitrogens with one attached hydrogen (secondary N) is 2. The van der Waals surface area contributed by atoms with Crippen molar-refractivity contribution in [2.24, 2.45) is 0 Å². The molecule has 5 heteroatoms. The van der Waals surface area contributed by atoms with Gasteiger partial charge in [-0.3, -0.25) is 10.1 Å². The molecular formula is C11H13FN2O2. The van der Waals surface area contributed by atoms with Crippen LogP contribution in [0.25, 0.3) is 0 Å². The van der Waals surface area contributed by atoms with Gasteiger partial charge in [0.15, 0.2) is 0 Å². The quantitative estimate of drug-likeness (QED) is 0.705. The summed E-state index contributed by atoms with van der Waals surface area (Å²) in [6, 6.07) is 6.06. The fourth-order valence-corrected chi connectivity index (χ4v) is 2.05. The van der Waals surface area contributed by atoms with E-state index >= 15 is 0 Å². The molecule has 2 rings (SSSR count). The molecule has 4 nitrogen and oxygen atoms in total. The van der Waals surface area contributed by atoms with Crippen LogP contribution in [0.1, 0.15) is 12.0 Å². The van der Waals surface area contributed by atoms with Crippen LogP contribution in [0.3, 0.4) is 0 Å². The molecule has 1 atom stereocenters. The van der Waals surface area contributed by atoms with Crippen molar-refractivity contribution in [3.63, 3.8) is 0 Å². The summed E-state index contributed by atoms with van der Waals surface area (Å²) in [5.41, 5.74) is -0.0339. The number of hydrogen-bond donors (Lipinski definition) is 3. The first kappa shape index (κ1) is 11.0. The van der Waals surface area contributed by atoms with E-state index in [1.165, 1.54) is 12.1 Å². The summed E-state index contributed by atoms with van der Waals surface area (Å²) >= 11 is 0. The van der Waals surface area contributed by atoms with Crippen molar-refractivity contribution in [3.05, 3.63) is 35.6 Å². The number of benzene rings is 1. The molecule has 1 unspecified atom stereocenters. The SMILES string of the molecule is O=C(O)CC1(c2cccc(F)c2)CNCN1. The lowest BCUT2D eigenvalue weighted by molar-refractivity contribution is -0.138. The van der Waals surface area contributed by atoms with Crippen molar-refractivity contribution >= 4 is 5.97 Å². The van der Waals surface area contributed by atoms with Crippen molar-refractivity contribution in [1.82, 2.24) is 10.6 Å². The van der Waals surface area contributed by atoms with Gasteiger partial charge in [-0.2, -0.15) is 0 Å². The third kappa shape index (κ3) is 2.05. The van der Waals surface area contributed by atoms with Crippen molar-refractivity contribution in [3.8, 4) is 0 Å². The van der Waals surface area contributed by atoms with Crippen LogP contribution in [-0.4, -0.2) is 24.3 Å². The normalized spacial score (nSPS) is 24.6. The monoisotopic (exact) mass is 224 g/mol. The second-order valence-electron chi connectivity index (χ2n) is 3.94. The van der Waals surface area contributed by atoms with Gasteiger partial charge in [0.25, 0.3) is 0 Å². The van der Waals surface area contributed by atoms with E-state index in [0.29, 0.717) is 18.8 Å². The minimum atomic E-state index is -0.902. The number of halogens is 1. The van der Waals surface area contributed by atoms with Crippen LogP contribution in [0.15, 0.2) is 24.3 Å². The Balaban J connectivity index is 2.35. The standard InChI is InChI=1S/C11H13FN2O2/c12-9-3-1-2-8(4-9)11(5-10(15)16)6-13-7-14-11/h1-4,13-14H,5-7H2,(H,15,16). The van der Waals surface area contributed by atoms with Gasteiger partial charge in [0.05, 0.1) is 12.0 Å². The van der Waals surface area contributed by atoms with Crippen molar-refractivity contribution in [2.45, 2.75) is 12.0 Å². The lowest BCUT2D eigenvalue weighted by Gasteiger charge is -2.27. The van der Waals surface area contributed by atoms with Crippen molar-refractivity contribution in [2.75, 3.05) is 13.2 Å². The molecule has 1 aliphatic heterocycles. The van der Waals surface area contributed by atoms with E-state index in [4.69, 9.17) is 5.11 Å². The highest BCUT2D eigenvalue weighted by molar-refractivity contribution is 5.69. The number of rotatable bonds is 3. The fraction of sp³-hybridized carbons (Fsp3) is 0.364. The maximum atomic E-state index is 13.1. The number of carbonyl (C=O) groups is 1. The number of carboxylic acids is 1. The highest BCUT2D eigenvalue weighted by Crippen LogP contribution is 2.27. The van der Waals surface area contributed by atoms with Crippen molar-refractivity contribution < 1.29 is 14.3 Å². The maximum Gasteiger partial charge on any atom is 0.305 e. The third-order valence-corrected chi connectivity index (χ3v) is 2.81. The molecule has 0 bridgehead atoms. The van der Waals surface area contributed by atoms with E-state index < -0.39 is 11.5 Å². The molecule has 1 aromatic rings. The second kappa shape index (κ2) is 4.19. The molecule has 1 heterocycles. The third-order valence-electron chi connectivity index (χ3n) is 2.81. The van der Waals surface area contributed by atoms with E-state index in [0.717, 1.165) is 0 Å². The Hall–Kier alpha value is -1.46. The zero-order valence-electron chi connectivity index (χ0n) is 8.66. The minimum absolute atomic E-state index is 0.0660. The Morgan fingerprint density at radius 1 is 1.56 bits per heavy atom. The first-order valence-corrected chi connectivity index (χ1v) is 5.06. The van der Waals surface area contributed by atoms with Gasteiger partial charge in [-0.05, 0) is 17.7 Å². The van der Waals surface area contributed by atoms with Crippen LogP contribution in [0.5, 0.6) is 0 Å². The maximum absolute atomic E-state index is 13.1. The van der Waals surface area contributed by atoms with E-state index in [9.17, 15) is 9.18 Å². The highest BCUT2D eigenvalue weighted by Gasteiger charge is 2.37. The smallest absolute Gasteiger partial charge is 0.305 e. The molecule has 1 aromatic carbocycles. The van der Waals surface area contributed by atoms with Gasteiger partial charge in [-0.15, -0.1) is 0 Å². The number of aliphatic carboxylic acids is 1. The summed E-state index contributed by atoms with van der Waals surface area (Å²) in [7, 11) is 0. The lowest BCUT2D eigenvalue weighted by atomic mass is 9.87. The zero-order valence-corrected chi connectivity index (χ0v) is 8.66. The predicted octanol–water partition coefficient (Wildman–Crippen LogP) is 0.646. The zero-order chi connectivity index (χ0) is 11.6. The Labute approximate surface area is 92.5 Å². The largest absolute Gasteiger partial charge is 0.481 e. The van der Waals surface area contributed by atoms with Crippen LogP contribution in [-0.2, 0) is 10.3 Å². The van der Waals surface area contributed by atoms with Crippen LogP contribution in [0.4, 0.5) is 4.39 Å². The van der Waals surface area contributed by atoms with E-state index in [1.54, 1.807) is 12.1 Å². The van der Waals surface area contributed by atoms with Gasteiger partial charge in [-0.1, -0.05) is 12.1 Å². The number of carboxylic acid groups (broad SMARTS) is 1. The molecule has 3 N–H and O–H groups in total. The van der Waals surface area contributed by atoms with Crippen LogP contribution >= 0.6 is 0 Å². The second-order valence-corrected chi connectivity index (χ2v) is 3.94. The molecule has 0 saturated carbocycles. The van der Waals surface area contributed by atoms with Crippen LogP contribution in [0.2, 0.25) is 0 Å². The molecule has 0 amide bonds. The summed E-state index contributed by atoms with van der Waals surface area (Å²) in [5, 5.41) is 15.0. The van der Waals surface area contributed by atoms with Crippen molar-refractivity contribution in [1.29, 1.82) is 0 Å². The Bertz CT molecular complexity index is 403. The average Bonchev–Trinajstić information content (AvgIpc) is 2.66. The molecule has 86 valence electrons. The van der Waals surface area contributed by atoms with E-state index in [1.807, 2.05) is 0 Å². The summed E-state index contributed by atoms with van der Waals surface area (Å²) in [6.07, 6.45) is -0.0660. The first-order chi connectivity index (χ1) is 7.62. The summed E-state index contributed by atoms with van der Waals surface area (Å²) < 4.78 is 13.1. The lowest BCUT2D eigenvalue weighted by Crippen LogP contribution is -2.41. The molecule has 16 heavy (non-hydrogen) atoms. The first-order valence-electron chi connectivity index (χ1n) is 5.06. The Kier molecular flexibility index (Phi) is 2.89. The molecule has 1 fully saturated rings. The molecule has 1 saturated heterocycles. The molecule has 0 radical (unpaired) electrons. The Morgan fingerprint density at radius 2 is 2.38 bits per heavy atom. The molecule has 0 spiro atoms. The minimum Gasteiger partial charge on any atom is -0.481 e. The fourth-order valence-electron chi connectivity index (χ4n) is 2.05. The highest BCUT2D eigenvalue weighted by atomic mass is 19.1.